The predicted molar refractivity (Wildman–Crippen MR) is 365 cm³/mol. The maximum absolute atomic E-state index is 13.2. The standard InChI is InChI=1S/C39H54N2O64S16/c42-22(40-14-1-5-16(6-2-14)106-38-34(104-120(80,81)82)28(98-114(62,63)64)24(18(92-38)10-86-108(44,45)46)94-36-32(102-118(74,75)76)30(100-116(68,69)70)26(96-112(56,57)58)20(90-36)12-88-110(50,51)52)9-23(43)41-15-3-7-17(8-4-15)107-39-35(105-121(83,84)85)29(99-115(65,66)67)25(19(93-39)11-87-109(47,48)49)95-37-33(103-119(77,78)79)31(101-117(71,72)73)27(97-113(59,60)61)21(91-37)13-89-111(53,54)55/h1-8,18-21,24-39H,9-13H2,(H,40,42)(H,41,43)(H,44,45,46)(H,47,48,49)(H,50,51,52)(H,53,54,55)(H,56,57,58)(H,59,60,61)(H,62,63,64)(H,65,66,67)(H,68,69,70)(H,71,72,73)(H,74,75,76)(H,77,78,79)(H,80,81,82)(H,83,84,85)/t18-,19-,20-,21-,24-,25-,26-,27-,28-,29-,30+,31+,32-,33-,34-,35-,36+,37+,38-,39-/m1/s1. The van der Waals surface area contributed by atoms with Crippen molar-refractivity contribution in [3.63, 3.8) is 0 Å². The summed E-state index contributed by atoms with van der Waals surface area (Å²) in [4.78, 5) is 25.8. The Morgan fingerprint density at radius 1 is 0.264 bits per heavy atom. The molecule has 2 amide bonds. The number of ether oxygens (including phenoxy) is 6. The Hall–Kier alpha value is -3.98. The van der Waals surface area contributed by atoms with E-state index in [-0.39, 0.29) is 44.7 Å². The molecule has 700 valence electrons. The lowest BCUT2D eigenvalue weighted by atomic mass is 9.97. The number of hydrogen-bond donors (Lipinski definition) is 16. The molecule has 0 radical (unpaired) electrons. The molecule has 4 aliphatic rings. The van der Waals surface area contributed by atoms with Gasteiger partial charge in [-0.25, -0.2) is 58.6 Å². The third-order valence-corrected chi connectivity index (χ3v) is 22.6. The van der Waals surface area contributed by atoms with Gasteiger partial charge in [-0.2, -0.15) is 118 Å². The fraction of sp³-hybridized carbons (Fsp3) is 0.641. The van der Waals surface area contributed by atoms with Crippen molar-refractivity contribution in [2.75, 3.05) is 37.1 Å². The Kier molecular flexibility index (Phi) is 35.3. The molecule has 20 atom stereocenters. The molecule has 4 heterocycles. The van der Waals surface area contributed by atoms with Crippen LogP contribution in [0.5, 0.6) is 0 Å². The van der Waals surface area contributed by atoms with Crippen LogP contribution in [0, 0.1) is 0 Å². The zero-order chi connectivity index (χ0) is 92.2. The first kappa shape index (κ1) is 106. The molecule has 4 saturated heterocycles. The van der Waals surface area contributed by atoms with E-state index in [2.05, 4.69) is 69.2 Å². The number of hydrogen-bond acceptors (Lipinski definition) is 52. The maximum atomic E-state index is 13.2. The Balaban J connectivity index is 1.29. The molecule has 121 heavy (non-hydrogen) atoms. The van der Waals surface area contributed by atoms with E-state index in [0.717, 1.165) is 48.5 Å². The molecule has 0 spiro atoms. The average Bonchev–Trinajstić information content (AvgIpc) is 0.752. The van der Waals surface area contributed by atoms with Crippen LogP contribution in [0.15, 0.2) is 58.3 Å². The lowest BCUT2D eigenvalue weighted by Gasteiger charge is -2.48. The molecule has 0 aromatic heterocycles. The minimum Gasteiger partial charge on any atom is -0.356 e. The second-order valence-corrected chi connectivity index (χ2v) is 39.9. The Morgan fingerprint density at radius 3 is 0.686 bits per heavy atom. The van der Waals surface area contributed by atoms with Crippen LogP contribution in [0.1, 0.15) is 6.42 Å². The van der Waals surface area contributed by atoms with Gasteiger partial charge in [-0.3, -0.25) is 73.3 Å². The first-order valence-corrected chi connectivity index (χ1v) is 50.4. The van der Waals surface area contributed by atoms with Gasteiger partial charge in [0.05, 0.1) is 26.4 Å². The number of thioether (sulfide) groups is 2. The van der Waals surface area contributed by atoms with E-state index in [9.17, 15) is 191 Å². The first-order chi connectivity index (χ1) is 54.4. The predicted octanol–water partition coefficient (Wildman–Crippen LogP) is -8.33. The van der Waals surface area contributed by atoms with Crippen molar-refractivity contribution in [3.8, 4) is 0 Å². The zero-order valence-corrected chi connectivity index (χ0v) is 70.0. The van der Waals surface area contributed by atoms with Crippen LogP contribution in [-0.2, 0) is 242 Å². The van der Waals surface area contributed by atoms with Crippen LogP contribution >= 0.6 is 23.5 Å². The summed E-state index contributed by atoms with van der Waals surface area (Å²) >= 11 is 0.0969. The topological polar surface area (TPSA) is 1000 Å². The SMILES string of the molecule is O=C(CC(=O)Nc1ccc(S[C@H]2O[C@H](COS(=O)(=O)O)[C@@H](O[C@@H]3O[C@H](COS(=O)(=O)O)[C@@H](OS(=O)(=O)O)[C@H](OS(=O)(=O)O)[C@H]3OS(=O)(=O)O)[C@@H](OS(=O)(=O)O)[C@H]2OS(=O)(=O)O)cc1)Nc1ccc(S[C@H]2O[C@H](COS(=O)(=O)O)[C@@H](O[C@@H]3O[C@H](COS(=O)(=O)O)[C@@H](OS(=O)(=O)O)[C@H](OS(=O)(=O)O)[C@H]3OS(=O)(=O)O)[C@@H](OS(=O)(=O)O)[C@H]2OS(=O)(=O)O)cc1. The van der Waals surface area contributed by atoms with Crippen LogP contribution in [-0.4, -0.2) is 341 Å². The van der Waals surface area contributed by atoms with Crippen LogP contribution in [0.3, 0.4) is 0 Å². The first-order valence-electron chi connectivity index (χ1n) is 29.5. The van der Waals surface area contributed by atoms with Crippen molar-refractivity contribution in [1.29, 1.82) is 0 Å². The normalized spacial score (nSPS) is 28.9. The molecule has 0 saturated carbocycles. The minimum absolute atomic E-state index is 0.0485. The molecule has 4 fully saturated rings. The number of nitrogens with one attached hydrogen (secondary N) is 2. The molecule has 2 aromatic carbocycles. The summed E-state index contributed by atoms with van der Waals surface area (Å²) in [5.74, 6) is -2.47. The van der Waals surface area contributed by atoms with Crippen LogP contribution in [0.25, 0.3) is 0 Å². The molecule has 16 N–H and O–H groups in total. The smallest absolute Gasteiger partial charge is 0.356 e. The largest absolute Gasteiger partial charge is 0.397 e. The summed E-state index contributed by atoms with van der Waals surface area (Å²) in [6, 6.07) is 7.30. The van der Waals surface area contributed by atoms with Gasteiger partial charge in [0.15, 0.2) is 24.8 Å². The van der Waals surface area contributed by atoms with Crippen molar-refractivity contribution in [1.82, 2.24) is 0 Å². The van der Waals surface area contributed by atoms with Gasteiger partial charge in [-0.1, -0.05) is 23.5 Å². The quantitative estimate of drug-likeness (QED) is 0.0216. The van der Waals surface area contributed by atoms with Gasteiger partial charge < -0.3 is 39.1 Å². The highest BCUT2D eigenvalue weighted by molar-refractivity contribution is 8.00. The summed E-state index contributed by atoms with van der Waals surface area (Å²) in [5.41, 5.74) is -5.62. The summed E-state index contributed by atoms with van der Waals surface area (Å²) in [6.07, 6.45) is -58.4. The van der Waals surface area contributed by atoms with Gasteiger partial charge in [0.1, 0.15) is 103 Å². The maximum Gasteiger partial charge on any atom is 0.397 e. The number of carbonyl (C=O) groups excluding carboxylic acids is 2. The van der Waals surface area contributed by atoms with E-state index in [4.69, 9.17) is 28.4 Å². The summed E-state index contributed by atoms with van der Waals surface area (Å²) in [6.45, 7) is -7.73. The molecule has 66 nitrogen and oxygen atoms in total. The Labute approximate surface area is 688 Å². The number of rotatable bonds is 44. The van der Waals surface area contributed by atoms with Crippen molar-refractivity contribution >= 4 is 192 Å². The second kappa shape index (κ2) is 40.4. The highest BCUT2D eigenvalue weighted by Crippen LogP contribution is 2.44. The molecular weight excluding hydrogens is 2030 g/mol. The molecule has 82 heteroatoms. The van der Waals surface area contributed by atoms with Crippen molar-refractivity contribution < 1.29 is 278 Å². The summed E-state index contributed by atoms with van der Waals surface area (Å²) < 4.78 is 568. The van der Waals surface area contributed by atoms with Gasteiger partial charge >= 0.3 is 146 Å². The molecule has 4 aliphatic heterocycles. The number of benzene rings is 2. The van der Waals surface area contributed by atoms with Gasteiger partial charge in [0.2, 0.25) is 11.8 Å². The highest BCUT2D eigenvalue weighted by Gasteiger charge is 2.62. The van der Waals surface area contributed by atoms with Gasteiger partial charge in [-0.05, 0) is 48.5 Å². The summed E-state index contributed by atoms with van der Waals surface area (Å²) in [5, 5.41) is 4.37. The van der Waals surface area contributed by atoms with Crippen LogP contribution < -0.4 is 10.6 Å². The molecule has 6 rings (SSSR count). The number of anilines is 2. The molecule has 0 unspecified atom stereocenters. The van der Waals surface area contributed by atoms with Gasteiger partial charge in [-0.15, -0.1) is 0 Å². The van der Waals surface area contributed by atoms with E-state index in [0.29, 0.717) is 0 Å². The van der Waals surface area contributed by atoms with E-state index in [1.54, 1.807) is 0 Å². The van der Waals surface area contributed by atoms with Crippen LogP contribution in [0.4, 0.5) is 11.4 Å². The van der Waals surface area contributed by atoms with Crippen molar-refractivity contribution in [3.05, 3.63) is 48.5 Å². The van der Waals surface area contributed by atoms with E-state index in [1.165, 1.54) is 0 Å². The fourth-order valence-electron chi connectivity index (χ4n) is 10.3. The molecule has 0 bridgehead atoms. The summed E-state index contributed by atoms with van der Waals surface area (Å²) in [7, 11) is -85.7. The monoisotopic (exact) mass is 2090 g/mol. The minimum atomic E-state index is -6.31. The fourth-order valence-corrected chi connectivity index (χ4v) is 18.8. The van der Waals surface area contributed by atoms with Gasteiger partial charge in [0.25, 0.3) is 0 Å². The molecule has 2 aromatic rings. The lowest BCUT2D eigenvalue weighted by molar-refractivity contribution is -0.325. The number of amides is 2. The van der Waals surface area contributed by atoms with E-state index in [1.807, 2.05) is 0 Å². The highest BCUT2D eigenvalue weighted by atomic mass is 32.3. The van der Waals surface area contributed by atoms with Crippen LogP contribution in [0.2, 0.25) is 0 Å². The lowest BCUT2D eigenvalue weighted by Crippen LogP contribution is -2.66. The third-order valence-electron chi connectivity index (χ3n) is 13.9. The van der Waals surface area contributed by atoms with E-state index >= 15 is 0 Å². The van der Waals surface area contributed by atoms with Crippen molar-refractivity contribution in [2.45, 2.75) is 137 Å². The third kappa shape index (κ3) is 38.5. The Bertz CT molecular complexity index is 5390. The molecule has 0 aliphatic carbocycles. The van der Waals surface area contributed by atoms with Gasteiger partial charge in [0, 0.05) is 21.2 Å². The van der Waals surface area contributed by atoms with E-state index < -0.39 is 311 Å². The average molecular weight is 2090 g/mol. The zero-order valence-electron chi connectivity index (χ0n) is 56.9. The van der Waals surface area contributed by atoms with Crippen molar-refractivity contribution in [2.24, 2.45) is 0 Å². The Morgan fingerprint density at radius 2 is 0.463 bits per heavy atom. The number of carbonyl (C=O) groups is 2. The second-order valence-electron chi connectivity index (χ2n) is 22.7. The molecular formula is C39H54N2O64S16.